The molecule has 4 fully saturated rings. The van der Waals surface area contributed by atoms with Crippen molar-refractivity contribution in [1.82, 2.24) is 41.2 Å². The Hall–Kier alpha value is -11.0. The van der Waals surface area contributed by atoms with Crippen molar-refractivity contribution in [2.75, 3.05) is 86.3 Å². The molecule has 0 bridgehead atoms. The molecule has 25 nitrogen and oxygen atoms in total. The molecule has 0 radical (unpaired) electrons. The highest BCUT2D eigenvalue weighted by Crippen LogP contribution is 2.35. The van der Waals surface area contributed by atoms with Crippen molar-refractivity contribution in [3.63, 3.8) is 0 Å². The van der Waals surface area contributed by atoms with Gasteiger partial charge in [-0.2, -0.15) is 4.98 Å². The maximum Gasteiger partial charge on any atom is 0.298 e. The number of anilines is 4. The van der Waals surface area contributed by atoms with E-state index < -0.39 is 0 Å². The Morgan fingerprint density at radius 2 is 0.763 bits per heavy atom. The molecular weight excluding hydrogens is 1630 g/mol. The van der Waals surface area contributed by atoms with Crippen LogP contribution in [-0.2, 0) is 38.4 Å². The van der Waals surface area contributed by atoms with Gasteiger partial charge in [0.15, 0.2) is 21.0 Å². The summed E-state index contributed by atoms with van der Waals surface area (Å²) in [5.41, 5.74) is 8.56. The lowest BCUT2D eigenvalue weighted by molar-refractivity contribution is -0.119. The van der Waals surface area contributed by atoms with Gasteiger partial charge in [0, 0.05) is 39.3 Å². The van der Waals surface area contributed by atoms with Crippen LogP contribution < -0.4 is 59.8 Å². The van der Waals surface area contributed by atoms with Crippen molar-refractivity contribution in [2.24, 2.45) is 0 Å². The van der Waals surface area contributed by atoms with Crippen LogP contribution in [0.4, 0.5) is 40.6 Å². The maximum absolute atomic E-state index is 11.7. The second-order valence-corrected chi connectivity index (χ2v) is 35.6. The average Bonchev–Trinajstić information content (AvgIpc) is 1.71. The minimum Gasteiger partial charge on any atom is -0.494 e. The number of carbonyl (C=O) groups is 8. The van der Waals surface area contributed by atoms with Crippen LogP contribution in [0.5, 0.6) is 23.0 Å². The van der Waals surface area contributed by atoms with Crippen molar-refractivity contribution in [3.8, 4) is 23.0 Å². The van der Waals surface area contributed by atoms with E-state index in [4.69, 9.17) is 33.3 Å². The Labute approximate surface area is 710 Å². The number of oxazole rings is 1. The van der Waals surface area contributed by atoms with E-state index in [1.165, 1.54) is 14.1 Å². The fraction of sp³-hybridized carbons (Fsp3) is 0.279. The minimum atomic E-state index is -0.353. The number of para-hydroxylation sites is 5. The number of thiazole rings is 3. The number of benzene rings is 8. The number of carbonyl (C=O) groups excluding carboxylic acids is 8. The number of ether oxygens (including phenoxy) is 4. The largest absolute Gasteiger partial charge is 0.494 e. The molecule has 4 N–H and O–H groups in total. The first-order valence-electron chi connectivity index (χ1n) is 38.2. The van der Waals surface area contributed by atoms with Crippen LogP contribution in [0, 0.1) is 0 Å². The number of aromatic nitrogens is 4. The molecule has 3 unspecified atom stereocenters. The van der Waals surface area contributed by atoms with Crippen LogP contribution in [0.2, 0.25) is 0 Å². The molecule has 0 spiro atoms. The van der Waals surface area contributed by atoms with E-state index in [2.05, 4.69) is 98.9 Å². The lowest BCUT2D eigenvalue weighted by Crippen LogP contribution is -2.34. The molecule has 118 heavy (non-hydrogen) atoms. The Bertz CT molecular complexity index is 5250. The first-order valence-corrected chi connectivity index (χ1v) is 44.1. The first-order chi connectivity index (χ1) is 57.1. The molecule has 4 saturated heterocycles. The zero-order valence-electron chi connectivity index (χ0n) is 65.4. The van der Waals surface area contributed by atoms with Crippen LogP contribution in [0.1, 0.15) is 62.8 Å². The van der Waals surface area contributed by atoms with Gasteiger partial charge in [-0.05, 0) is 197 Å². The third kappa shape index (κ3) is 23.7. The average molecular weight is 1720 g/mol. The number of hydrogen-bond donors (Lipinski definition) is 4. The minimum absolute atomic E-state index is 0.211. The highest BCUT2D eigenvalue weighted by atomic mass is 32.2. The van der Waals surface area contributed by atoms with Gasteiger partial charge in [-0.25, -0.2) is 15.0 Å². The molecule has 4 aliphatic heterocycles. The van der Waals surface area contributed by atoms with E-state index in [-0.39, 0.29) is 60.3 Å². The number of hydrogen-bond acceptors (Lipinski definition) is 28. The molecule has 4 aromatic heterocycles. The third-order valence-electron chi connectivity index (χ3n) is 18.7. The predicted molar refractivity (Wildman–Crippen MR) is 476 cm³/mol. The lowest BCUT2D eigenvalue weighted by Gasteiger charge is -2.26. The Balaban J connectivity index is 0.000000136. The molecule has 3 atom stereocenters. The summed E-state index contributed by atoms with van der Waals surface area (Å²) in [6.07, 6.45) is 4.99. The van der Waals surface area contributed by atoms with E-state index in [0.717, 1.165) is 174 Å². The lowest BCUT2D eigenvalue weighted by atomic mass is 10.1. The van der Waals surface area contributed by atoms with Crippen molar-refractivity contribution >= 4 is 195 Å². The van der Waals surface area contributed by atoms with Gasteiger partial charge in [-0.15, -0.1) is 0 Å². The summed E-state index contributed by atoms with van der Waals surface area (Å²) in [7, 11) is 4.00. The topological polar surface area (TPSA) is 299 Å². The van der Waals surface area contributed by atoms with E-state index in [1.807, 2.05) is 188 Å². The molecule has 0 aliphatic carbocycles. The van der Waals surface area contributed by atoms with Gasteiger partial charge in [0.05, 0.1) is 77.6 Å². The monoisotopic (exact) mass is 1720 g/mol. The number of thioether (sulfide) groups is 4. The van der Waals surface area contributed by atoms with E-state index >= 15 is 0 Å². The summed E-state index contributed by atoms with van der Waals surface area (Å²) < 4.78 is 32.8. The second kappa shape index (κ2) is 40.9. The molecule has 610 valence electrons. The zero-order chi connectivity index (χ0) is 82.6. The van der Waals surface area contributed by atoms with Crippen molar-refractivity contribution < 1.29 is 61.7 Å². The summed E-state index contributed by atoms with van der Waals surface area (Å²) in [5, 5.41) is 10.0. The molecule has 8 amide bonds. The van der Waals surface area contributed by atoms with Gasteiger partial charge in [0.1, 0.15) is 41.7 Å². The van der Waals surface area contributed by atoms with Crippen LogP contribution >= 0.6 is 81.1 Å². The molecule has 32 heteroatoms. The number of nitrogens with zero attached hydrogens (tertiary/aromatic N) is 8. The summed E-state index contributed by atoms with van der Waals surface area (Å²) in [6.45, 7) is 13.9. The fourth-order valence-electron chi connectivity index (χ4n) is 12.5. The zero-order valence-corrected chi connectivity index (χ0v) is 71.1. The summed E-state index contributed by atoms with van der Waals surface area (Å²) in [5.74, 6) is 2.12. The van der Waals surface area contributed by atoms with Gasteiger partial charge in [-0.1, -0.05) is 166 Å². The van der Waals surface area contributed by atoms with Gasteiger partial charge in [-0.3, -0.25) is 59.6 Å². The maximum atomic E-state index is 11.7. The van der Waals surface area contributed by atoms with E-state index in [0.29, 0.717) is 68.7 Å². The number of rotatable bonds is 31. The third-order valence-corrected chi connectivity index (χ3v) is 25.7. The molecule has 8 aromatic carbocycles. The van der Waals surface area contributed by atoms with E-state index in [9.17, 15) is 38.4 Å². The van der Waals surface area contributed by atoms with Crippen molar-refractivity contribution in [3.05, 3.63) is 221 Å². The summed E-state index contributed by atoms with van der Waals surface area (Å²) in [6, 6.07) is 63.9. The van der Waals surface area contributed by atoms with Crippen LogP contribution in [0.25, 0.3) is 47.8 Å². The van der Waals surface area contributed by atoms with Crippen LogP contribution in [0.3, 0.4) is 0 Å². The Morgan fingerprint density at radius 3 is 1.14 bits per heavy atom. The summed E-state index contributed by atoms with van der Waals surface area (Å²) >= 11 is 9.14. The molecule has 4 aliphatic rings. The molecular formula is C86H86N12O13S7. The molecule has 12 aromatic rings. The quantitative estimate of drug-likeness (QED) is 0.0232. The smallest absolute Gasteiger partial charge is 0.298 e. The standard InChI is InChI=1S/C22H23N3O3S2.C22H21N3O3S2.C21H21N3O4S.C21H21N3O3S2/c2*1-14(2)25(21-23-17-5-3-4-6-18(17)29-21)11-12-28-16-9-7-15(8-10-16)13-19-20(26)24-22(27)30-19;2*1-24(20-22-16-5-2-3-6-17(16)28-20)11-4-12-27-15-9-7-14(8-10-15)13-18-19(25)23-21(26)29-18/h3-10,14,19H,11-13H2,1-2H3,(H,24,26,27);3-10,13-14H,11-12H2,1-2H3,(H,24,26,27);2*2-3,5-10,18H,4,11-13H2,1H3,(H,23,25,26)/b;19-13+;;. The highest BCUT2D eigenvalue weighted by molar-refractivity contribution is 8.18. The number of amides is 8. The van der Waals surface area contributed by atoms with Gasteiger partial charge >= 0.3 is 0 Å². The van der Waals surface area contributed by atoms with Crippen LogP contribution in [-0.4, -0.2) is 159 Å². The van der Waals surface area contributed by atoms with Crippen LogP contribution in [0.15, 0.2) is 203 Å². The number of nitrogens with one attached hydrogen (secondary N) is 4. The Morgan fingerprint density at radius 1 is 0.398 bits per heavy atom. The van der Waals surface area contributed by atoms with Gasteiger partial charge < -0.3 is 43.0 Å². The predicted octanol–water partition coefficient (Wildman–Crippen LogP) is 17.1. The van der Waals surface area contributed by atoms with Crippen molar-refractivity contribution in [2.45, 2.75) is 87.6 Å². The summed E-state index contributed by atoms with van der Waals surface area (Å²) in [4.78, 5) is 119. The number of imide groups is 4. The molecule has 8 heterocycles. The van der Waals surface area contributed by atoms with Gasteiger partial charge in [0.25, 0.3) is 32.9 Å². The first kappa shape index (κ1) is 84.9. The molecule has 16 rings (SSSR count). The number of fused-ring (bicyclic) bond motifs is 4. The second-order valence-electron chi connectivity index (χ2n) is 28.0. The molecule has 0 saturated carbocycles. The highest BCUT2D eigenvalue weighted by Gasteiger charge is 2.34. The van der Waals surface area contributed by atoms with Crippen molar-refractivity contribution in [1.29, 1.82) is 0 Å². The Kier molecular flexibility index (Phi) is 29.4. The van der Waals surface area contributed by atoms with Gasteiger partial charge in [0.2, 0.25) is 17.7 Å². The fourth-order valence-corrected chi connectivity index (χ4v) is 18.9. The normalized spacial score (nSPS) is 16.0. The van der Waals surface area contributed by atoms with E-state index in [1.54, 1.807) is 40.1 Å². The SMILES string of the molecule is CC(C)N(CCOc1ccc(/C=C2/SC(=O)NC2=O)cc1)c1nc2ccccc2s1.CC(C)N(CCOc1ccc(CC2SC(=O)NC2=O)cc1)c1nc2ccccc2s1.CN(CCCOc1ccc(CC2SC(=O)NC2=O)cc1)c1nc2ccccc2o1.CN(CCCOc1ccc(CC2SC(=O)NC2=O)cc1)c1nc2ccccc2s1.